The second kappa shape index (κ2) is 12.1. The number of anilines is 2. The number of hydrogen-bond acceptors (Lipinski definition) is 4. The molecule has 1 amide bonds. The summed E-state index contributed by atoms with van der Waals surface area (Å²) in [6, 6.07) is 35.2. The van der Waals surface area contributed by atoms with Crippen LogP contribution in [0.5, 0.6) is 11.5 Å². The van der Waals surface area contributed by atoms with Crippen LogP contribution < -0.4 is 20.1 Å². The van der Waals surface area contributed by atoms with Gasteiger partial charge in [0.2, 0.25) is 5.91 Å². The number of benzene rings is 4. The highest BCUT2D eigenvalue weighted by Crippen LogP contribution is 2.20. The van der Waals surface area contributed by atoms with E-state index in [9.17, 15) is 4.79 Å². The highest BCUT2D eigenvalue weighted by molar-refractivity contribution is 5.93. The molecule has 0 aromatic heterocycles. The van der Waals surface area contributed by atoms with Crippen LogP contribution in [0.1, 0.15) is 11.1 Å². The lowest BCUT2D eigenvalue weighted by molar-refractivity contribution is -0.114. The summed E-state index contributed by atoms with van der Waals surface area (Å²) in [5.74, 6) is 1.33. The van der Waals surface area contributed by atoms with E-state index in [0.717, 1.165) is 23.4 Å². The molecule has 34 heavy (non-hydrogen) atoms. The second-order valence-electron chi connectivity index (χ2n) is 7.82. The van der Waals surface area contributed by atoms with E-state index in [1.165, 1.54) is 5.56 Å². The Morgan fingerprint density at radius 3 is 2.00 bits per heavy atom. The molecule has 0 radical (unpaired) electrons. The van der Waals surface area contributed by atoms with Crippen molar-refractivity contribution in [2.45, 2.75) is 13.0 Å². The SMILES string of the molecule is O=C(CNc1cccc(OCCc2ccccc2)c1)Nc1cccc(OCc2ccccc2)c1. The number of nitrogens with one attached hydrogen (secondary N) is 2. The fraction of sp³-hybridized carbons (Fsp3) is 0.138. The van der Waals surface area contributed by atoms with Gasteiger partial charge in [-0.25, -0.2) is 0 Å². The van der Waals surface area contributed by atoms with Crippen LogP contribution in [0.15, 0.2) is 109 Å². The summed E-state index contributed by atoms with van der Waals surface area (Å²) in [5.41, 5.74) is 3.85. The summed E-state index contributed by atoms with van der Waals surface area (Å²) < 4.78 is 11.7. The number of carbonyl (C=O) groups excluding carboxylic acids is 1. The fourth-order valence-corrected chi connectivity index (χ4v) is 3.42. The molecule has 4 aromatic rings. The average Bonchev–Trinajstić information content (AvgIpc) is 2.88. The lowest BCUT2D eigenvalue weighted by Gasteiger charge is -2.11. The van der Waals surface area contributed by atoms with Gasteiger partial charge in [0.25, 0.3) is 0 Å². The molecule has 5 heteroatoms. The van der Waals surface area contributed by atoms with Crippen molar-refractivity contribution in [3.05, 3.63) is 120 Å². The molecule has 172 valence electrons. The zero-order chi connectivity index (χ0) is 23.4. The van der Waals surface area contributed by atoms with E-state index in [-0.39, 0.29) is 12.5 Å². The predicted octanol–water partition coefficient (Wildman–Crippen LogP) is 5.94. The van der Waals surface area contributed by atoms with Crippen molar-refractivity contribution in [1.29, 1.82) is 0 Å². The van der Waals surface area contributed by atoms with Gasteiger partial charge in [0.15, 0.2) is 0 Å². The van der Waals surface area contributed by atoms with E-state index in [1.54, 1.807) is 0 Å². The first kappa shape index (κ1) is 22.9. The van der Waals surface area contributed by atoms with Gasteiger partial charge >= 0.3 is 0 Å². The van der Waals surface area contributed by atoms with Crippen molar-refractivity contribution in [2.24, 2.45) is 0 Å². The number of hydrogen-bond donors (Lipinski definition) is 2. The van der Waals surface area contributed by atoms with Crippen LogP contribution in [-0.4, -0.2) is 19.1 Å². The standard InChI is InChI=1S/C29H28N2O3/c32-29(31-26-14-8-16-28(20-26)34-22-24-11-5-2-6-12-24)21-30-25-13-7-15-27(19-25)33-18-17-23-9-3-1-4-10-23/h1-16,19-20,30H,17-18,21-22H2,(H,31,32). The zero-order valence-electron chi connectivity index (χ0n) is 18.9. The summed E-state index contributed by atoms with van der Waals surface area (Å²) in [7, 11) is 0. The normalized spacial score (nSPS) is 10.4. The molecule has 0 spiro atoms. The average molecular weight is 453 g/mol. The molecule has 0 saturated heterocycles. The maximum Gasteiger partial charge on any atom is 0.243 e. The van der Waals surface area contributed by atoms with Crippen LogP contribution in [0.3, 0.4) is 0 Å². The second-order valence-corrected chi connectivity index (χ2v) is 7.82. The molecular formula is C29H28N2O3. The number of rotatable bonds is 11. The van der Waals surface area contributed by atoms with Gasteiger partial charge in [0, 0.05) is 29.9 Å². The Hall–Kier alpha value is -4.25. The van der Waals surface area contributed by atoms with E-state index < -0.39 is 0 Å². The Morgan fingerprint density at radius 1 is 0.647 bits per heavy atom. The van der Waals surface area contributed by atoms with Crippen molar-refractivity contribution >= 4 is 17.3 Å². The monoisotopic (exact) mass is 452 g/mol. The third-order valence-corrected chi connectivity index (χ3v) is 5.16. The molecule has 0 saturated carbocycles. The van der Waals surface area contributed by atoms with Crippen LogP contribution in [0, 0.1) is 0 Å². The minimum atomic E-state index is -0.143. The fourth-order valence-electron chi connectivity index (χ4n) is 3.42. The Morgan fingerprint density at radius 2 is 1.26 bits per heavy atom. The molecule has 0 fully saturated rings. The van der Waals surface area contributed by atoms with Gasteiger partial charge in [-0.1, -0.05) is 72.8 Å². The first-order chi connectivity index (χ1) is 16.7. The molecule has 0 unspecified atom stereocenters. The molecule has 4 rings (SSSR count). The van der Waals surface area contributed by atoms with Crippen LogP contribution in [0.4, 0.5) is 11.4 Å². The molecule has 0 aliphatic heterocycles. The Kier molecular flexibility index (Phi) is 8.17. The van der Waals surface area contributed by atoms with Gasteiger partial charge in [0.1, 0.15) is 18.1 Å². The molecule has 5 nitrogen and oxygen atoms in total. The van der Waals surface area contributed by atoms with Crippen molar-refractivity contribution in [3.63, 3.8) is 0 Å². The van der Waals surface area contributed by atoms with Crippen LogP contribution in [-0.2, 0) is 17.8 Å². The molecule has 0 bridgehead atoms. The van der Waals surface area contributed by atoms with Gasteiger partial charge < -0.3 is 20.1 Å². The Labute approximate surface area is 200 Å². The zero-order valence-corrected chi connectivity index (χ0v) is 18.9. The topological polar surface area (TPSA) is 59.6 Å². The van der Waals surface area contributed by atoms with E-state index >= 15 is 0 Å². The summed E-state index contributed by atoms with van der Waals surface area (Å²) in [4.78, 5) is 12.4. The van der Waals surface area contributed by atoms with Crippen molar-refractivity contribution < 1.29 is 14.3 Å². The third kappa shape index (κ3) is 7.41. The number of carbonyl (C=O) groups is 1. The molecule has 4 aromatic carbocycles. The number of ether oxygens (including phenoxy) is 2. The summed E-state index contributed by atoms with van der Waals surface area (Å²) in [6.45, 7) is 1.21. The van der Waals surface area contributed by atoms with E-state index in [0.29, 0.717) is 24.7 Å². The molecule has 0 aliphatic carbocycles. The lowest BCUT2D eigenvalue weighted by atomic mass is 10.2. The smallest absolute Gasteiger partial charge is 0.243 e. The van der Waals surface area contributed by atoms with Gasteiger partial charge in [-0.2, -0.15) is 0 Å². The molecular weight excluding hydrogens is 424 g/mol. The molecule has 0 aliphatic rings. The van der Waals surface area contributed by atoms with Gasteiger partial charge in [0.05, 0.1) is 13.2 Å². The molecule has 0 atom stereocenters. The first-order valence-corrected chi connectivity index (χ1v) is 11.3. The van der Waals surface area contributed by atoms with E-state index in [4.69, 9.17) is 9.47 Å². The van der Waals surface area contributed by atoms with Crippen molar-refractivity contribution in [2.75, 3.05) is 23.8 Å². The summed E-state index contributed by atoms with van der Waals surface area (Å²) in [5, 5.41) is 6.06. The highest BCUT2D eigenvalue weighted by Gasteiger charge is 2.05. The largest absolute Gasteiger partial charge is 0.493 e. The Bertz CT molecular complexity index is 1180. The summed E-state index contributed by atoms with van der Waals surface area (Å²) >= 11 is 0. The molecule has 2 N–H and O–H groups in total. The van der Waals surface area contributed by atoms with Gasteiger partial charge in [-0.15, -0.1) is 0 Å². The Balaban J connectivity index is 1.22. The minimum Gasteiger partial charge on any atom is -0.493 e. The predicted molar refractivity (Wildman–Crippen MR) is 136 cm³/mol. The van der Waals surface area contributed by atoms with Crippen LogP contribution in [0.2, 0.25) is 0 Å². The van der Waals surface area contributed by atoms with Crippen molar-refractivity contribution in [3.8, 4) is 11.5 Å². The number of amides is 1. The van der Waals surface area contributed by atoms with Gasteiger partial charge in [-0.3, -0.25) is 4.79 Å². The quantitative estimate of drug-likeness (QED) is 0.296. The van der Waals surface area contributed by atoms with Crippen LogP contribution >= 0.6 is 0 Å². The van der Waals surface area contributed by atoms with Crippen molar-refractivity contribution in [1.82, 2.24) is 0 Å². The van der Waals surface area contributed by atoms with E-state index in [1.807, 2.05) is 97.1 Å². The maximum absolute atomic E-state index is 12.4. The highest BCUT2D eigenvalue weighted by atomic mass is 16.5. The van der Waals surface area contributed by atoms with Crippen LogP contribution in [0.25, 0.3) is 0 Å². The van der Waals surface area contributed by atoms with E-state index in [2.05, 4.69) is 22.8 Å². The molecule has 0 heterocycles. The summed E-state index contributed by atoms with van der Waals surface area (Å²) in [6.07, 6.45) is 0.842. The lowest BCUT2D eigenvalue weighted by Crippen LogP contribution is -2.21. The van der Waals surface area contributed by atoms with Gasteiger partial charge in [-0.05, 0) is 35.4 Å². The minimum absolute atomic E-state index is 0.141. The first-order valence-electron chi connectivity index (χ1n) is 11.3. The third-order valence-electron chi connectivity index (χ3n) is 5.16. The maximum atomic E-state index is 12.4.